The van der Waals surface area contributed by atoms with Gasteiger partial charge in [-0.3, -0.25) is 14.8 Å². The molecular weight excluding hydrogens is 290 g/mol. The molecule has 0 saturated heterocycles. The summed E-state index contributed by atoms with van der Waals surface area (Å²) in [7, 11) is 0. The third kappa shape index (κ3) is 3.63. The Labute approximate surface area is 134 Å². The van der Waals surface area contributed by atoms with Crippen molar-refractivity contribution >= 4 is 22.5 Å². The summed E-state index contributed by atoms with van der Waals surface area (Å²) in [5, 5.41) is 3.79. The molecule has 0 saturated carbocycles. The highest BCUT2D eigenvalue weighted by molar-refractivity contribution is 6.00. The number of fused-ring (bicyclic) bond motifs is 1. The normalized spacial score (nSPS) is 10.5. The number of pyridine rings is 2. The van der Waals surface area contributed by atoms with E-state index < -0.39 is 0 Å². The van der Waals surface area contributed by atoms with Crippen LogP contribution < -0.4 is 10.1 Å². The lowest BCUT2D eigenvalue weighted by Crippen LogP contribution is -2.10. The highest BCUT2D eigenvalue weighted by atomic mass is 16.5. The number of nitrogens with one attached hydrogen (secondary N) is 1. The molecule has 3 aromatic rings. The second-order valence-electron chi connectivity index (χ2n) is 5.06. The van der Waals surface area contributed by atoms with Crippen LogP contribution in [0.5, 0.6) is 5.75 Å². The molecule has 0 aliphatic rings. The Morgan fingerprint density at radius 2 is 2.00 bits per heavy atom. The minimum atomic E-state index is -0.0566. The molecule has 116 valence electrons. The SMILES string of the molecule is CCC(=O)Nc1cc(OCc2ccccn2)cc2cccnc12. The van der Waals surface area contributed by atoms with Gasteiger partial charge in [0.15, 0.2) is 0 Å². The third-order valence-corrected chi connectivity index (χ3v) is 3.39. The Hall–Kier alpha value is -2.95. The molecule has 0 bridgehead atoms. The van der Waals surface area contributed by atoms with Crippen molar-refractivity contribution < 1.29 is 9.53 Å². The van der Waals surface area contributed by atoms with Crippen molar-refractivity contribution in [3.8, 4) is 5.75 Å². The standard InChI is InChI=1S/C18H17N3O2/c1-2-17(22)21-16-11-15(10-13-6-5-9-20-18(13)16)23-12-14-7-3-4-8-19-14/h3-11H,2,12H2,1H3,(H,21,22). The van der Waals surface area contributed by atoms with Gasteiger partial charge in [0, 0.05) is 30.3 Å². The van der Waals surface area contributed by atoms with Crippen LogP contribution in [0.1, 0.15) is 19.0 Å². The zero-order chi connectivity index (χ0) is 16.1. The summed E-state index contributed by atoms with van der Waals surface area (Å²) in [6.45, 7) is 2.18. The zero-order valence-electron chi connectivity index (χ0n) is 12.8. The molecule has 5 nitrogen and oxygen atoms in total. The second-order valence-corrected chi connectivity index (χ2v) is 5.06. The van der Waals surface area contributed by atoms with E-state index in [9.17, 15) is 4.79 Å². The summed E-state index contributed by atoms with van der Waals surface area (Å²) >= 11 is 0. The van der Waals surface area contributed by atoms with Crippen LogP contribution in [0.25, 0.3) is 10.9 Å². The molecule has 1 amide bonds. The largest absolute Gasteiger partial charge is 0.487 e. The van der Waals surface area contributed by atoms with E-state index >= 15 is 0 Å². The lowest BCUT2D eigenvalue weighted by atomic mass is 10.1. The number of rotatable bonds is 5. The van der Waals surface area contributed by atoms with E-state index in [0.29, 0.717) is 24.5 Å². The summed E-state index contributed by atoms with van der Waals surface area (Å²) in [6, 6.07) is 13.2. The molecule has 23 heavy (non-hydrogen) atoms. The van der Waals surface area contributed by atoms with Crippen molar-refractivity contribution in [2.45, 2.75) is 20.0 Å². The van der Waals surface area contributed by atoms with Gasteiger partial charge in [0.1, 0.15) is 12.4 Å². The Morgan fingerprint density at radius 3 is 2.78 bits per heavy atom. The molecule has 3 rings (SSSR count). The van der Waals surface area contributed by atoms with Crippen LogP contribution in [-0.4, -0.2) is 15.9 Å². The Bertz CT molecular complexity index is 819. The minimum absolute atomic E-state index is 0.0566. The van der Waals surface area contributed by atoms with Crippen LogP contribution in [-0.2, 0) is 11.4 Å². The smallest absolute Gasteiger partial charge is 0.224 e. The molecule has 2 heterocycles. The number of carbonyl (C=O) groups excluding carboxylic acids is 1. The Morgan fingerprint density at radius 1 is 1.13 bits per heavy atom. The number of aromatic nitrogens is 2. The van der Waals surface area contributed by atoms with Crippen molar-refractivity contribution in [1.29, 1.82) is 0 Å². The number of carbonyl (C=O) groups is 1. The van der Waals surface area contributed by atoms with E-state index in [0.717, 1.165) is 16.6 Å². The summed E-state index contributed by atoms with van der Waals surface area (Å²) in [4.78, 5) is 20.3. The fraction of sp³-hybridized carbons (Fsp3) is 0.167. The van der Waals surface area contributed by atoms with Gasteiger partial charge < -0.3 is 10.1 Å². The molecule has 0 aliphatic heterocycles. The predicted octanol–water partition coefficient (Wildman–Crippen LogP) is 3.56. The zero-order valence-corrected chi connectivity index (χ0v) is 12.8. The second kappa shape index (κ2) is 6.87. The third-order valence-electron chi connectivity index (χ3n) is 3.39. The lowest BCUT2D eigenvalue weighted by Gasteiger charge is -2.11. The molecule has 0 unspecified atom stereocenters. The average Bonchev–Trinajstić information content (AvgIpc) is 2.60. The molecular formula is C18H17N3O2. The van der Waals surface area contributed by atoms with Crippen LogP contribution in [0.3, 0.4) is 0 Å². The topological polar surface area (TPSA) is 64.1 Å². The highest BCUT2D eigenvalue weighted by Crippen LogP contribution is 2.28. The fourth-order valence-corrected chi connectivity index (χ4v) is 2.22. The maximum atomic E-state index is 11.7. The lowest BCUT2D eigenvalue weighted by molar-refractivity contribution is -0.115. The molecule has 1 aromatic carbocycles. The number of hydrogen-bond acceptors (Lipinski definition) is 4. The summed E-state index contributed by atoms with van der Waals surface area (Å²) in [6.07, 6.45) is 3.85. The number of anilines is 1. The quantitative estimate of drug-likeness (QED) is 0.783. The first-order chi connectivity index (χ1) is 11.3. The maximum absolute atomic E-state index is 11.7. The van der Waals surface area contributed by atoms with Gasteiger partial charge in [0.05, 0.1) is 16.9 Å². The maximum Gasteiger partial charge on any atom is 0.224 e. The molecule has 2 aromatic heterocycles. The highest BCUT2D eigenvalue weighted by Gasteiger charge is 2.09. The molecule has 5 heteroatoms. The molecule has 0 aliphatic carbocycles. The van der Waals surface area contributed by atoms with E-state index in [1.807, 2.05) is 43.3 Å². The molecule has 1 N–H and O–H groups in total. The van der Waals surface area contributed by atoms with Crippen LogP contribution in [0.2, 0.25) is 0 Å². The number of hydrogen-bond donors (Lipinski definition) is 1. The number of ether oxygens (including phenoxy) is 1. The van der Waals surface area contributed by atoms with Crippen LogP contribution in [0, 0.1) is 0 Å². The average molecular weight is 307 g/mol. The van der Waals surface area contributed by atoms with Gasteiger partial charge in [-0.1, -0.05) is 19.1 Å². The van der Waals surface area contributed by atoms with Gasteiger partial charge >= 0.3 is 0 Å². The first-order valence-electron chi connectivity index (χ1n) is 7.47. The van der Waals surface area contributed by atoms with Crippen LogP contribution >= 0.6 is 0 Å². The Kier molecular flexibility index (Phi) is 4.47. The van der Waals surface area contributed by atoms with Crippen molar-refractivity contribution in [2.75, 3.05) is 5.32 Å². The van der Waals surface area contributed by atoms with E-state index in [4.69, 9.17) is 4.74 Å². The van der Waals surface area contributed by atoms with Gasteiger partial charge in [-0.2, -0.15) is 0 Å². The molecule has 0 fully saturated rings. The van der Waals surface area contributed by atoms with Crippen molar-refractivity contribution in [3.63, 3.8) is 0 Å². The fourth-order valence-electron chi connectivity index (χ4n) is 2.22. The van der Waals surface area contributed by atoms with Crippen LogP contribution in [0.15, 0.2) is 54.9 Å². The van der Waals surface area contributed by atoms with Gasteiger partial charge in [-0.05, 0) is 24.3 Å². The molecule has 0 atom stereocenters. The summed E-state index contributed by atoms with van der Waals surface area (Å²) in [5.74, 6) is 0.612. The van der Waals surface area contributed by atoms with Gasteiger partial charge in [0.2, 0.25) is 5.91 Å². The Balaban J connectivity index is 1.89. The van der Waals surface area contributed by atoms with E-state index in [2.05, 4.69) is 15.3 Å². The van der Waals surface area contributed by atoms with Gasteiger partial charge in [0.25, 0.3) is 0 Å². The van der Waals surface area contributed by atoms with Gasteiger partial charge in [-0.25, -0.2) is 0 Å². The monoisotopic (exact) mass is 307 g/mol. The van der Waals surface area contributed by atoms with Crippen molar-refractivity contribution in [1.82, 2.24) is 9.97 Å². The van der Waals surface area contributed by atoms with Gasteiger partial charge in [-0.15, -0.1) is 0 Å². The first kappa shape index (κ1) is 15.0. The van der Waals surface area contributed by atoms with E-state index in [1.54, 1.807) is 18.5 Å². The predicted molar refractivity (Wildman–Crippen MR) is 89.2 cm³/mol. The van der Waals surface area contributed by atoms with Crippen molar-refractivity contribution in [2.24, 2.45) is 0 Å². The van der Waals surface area contributed by atoms with Crippen molar-refractivity contribution in [3.05, 3.63) is 60.6 Å². The number of nitrogens with zero attached hydrogens (tertiary/aromatic N) is 2. The molecule has 0 radical (unpaired) electrons. The first-order valence-corrected chi connectivity index (χ1v) is 7.47. The van der Waals surface area contributed by atoms with E-state index in [-0.39, 0.29) is 5.91 Å². The number of amides is 1. The van der Waals surface area contributed by atoms with Crippen LogP contribution in [0.4, 0.5) is 5.69 Å². The molecule has 0 spiro atoms. The summed E-state index contributed by atoms with van der Waals surface area (Å²) < 4.78 is 5.81. The summed E-state index contributed by atoms with van der Waals surface area (Å²) in [5.41, 5.74) is 2.25. The van der Waals surface area contributed by atoms with E-state index in [1.165, 1.54) is 0 Å². The minimum Gasteiger partial charge on any atom is -0.487 e. The number of benzene rings is 1.